The maximum Gasteiger partial charge on any atom is 0.335 e. The molecule has 84 valence electrons. The fourth-order valence-corrected chi connectivity index (χ4v) is 1.39. The van der Waals surface area contributed by atoms with Crippen molar-refractivity contribution < 1.29 is 23.8 Å². The van der Waals surface area contributed by atoms with Gasteiger partial charge in [0.1, 0.15) is 0 Å². The molecule has 0 aromatic heterocycles. The lowest BCUT2D eigenvalue weighted by molar-refractivity contribution is -0.122. The molecule has 0 radical (unpaired) electrons. The van der Waals surface area contributed by atoms with Crippen molar-refractivity contribution in [3.8, 4) is 5.75 Å². The van der Waals surface area contributed by atoms with Gasteiger partial charge in [0.2, 0.25) is 0 Å². The molecule has 0 bridgehead atoms. The van der Waals surface area contributed by atoms with Crippen LogP contribution in [0.25, 0.3) is 0 Å². The monoisotopic (exact) mass is 225 g/mol. The Kier molecular flexibility index (Phi) is 2.26. The lowest BCUT2D eigenvalue weighted by Crippen LogP contribution is -2.35. The number of ether oxygens (including phenoxy) is 1. The number of nitrogens with one attached hydrogen (secondary N) is 1. The molecule has 0 saturated heterocycles. The highest BCUT2D eigenvalue weighted by molar-refractivity contribution is 5.99. The standard InChI is InChI=1S/C10H8FNO4/c1-4-9(13)12-7-3-5(10(14)15)2-6(11)8(7)16-4/h2-4H,1H3,(H,12,13)(H,14,15)/t4-/m1/s1. The summed E-state index contributed by atoms with van der Waals surface area (Å²) >= 11 is 0. The van der Waals surface area contributed by atoms with Gasteiger partial charge in [-0.3, -0.25) is 4.79 Å². The summed E-state index contributed by atoms with van der Waals surface area (Å²) in [5.74, 6) is -2.64. The summed E-state index contributed by atoms with van der Waals surface area (Å²) in [4.78, 5) is 21.9. The van der Waals surface area contributed by atoms with Crippen LogP contribution in [0.2, 0.25) is 0 Å². The highest BCUT2D eigenvalue weighted by Gasteiger charge is 2.27. The Morgan fingerprint density at radius 3 is 2.88 bits per heavy atom. The molecule has 1 aliphatic rings. The molecule has 5 nitrogen and oxygen atoms in total. The van der Waals surface area contributed by atoms with Crippen LogP contribution in [0.4, 0.5) is 10.1 Å². The number of aromatic carboxylic acids is 1. The average Bonchev–Trinajstić information content (AvgIpc) is 2.20. The molecule has 0 spiro atoms. The Balaban J connectivity index is 2.52. The summed E-state index contributed by atoms with van der Waals surface area (Å²) in [5.41, 5.74) is -0.199. The first kappa shape index (κ1) is 10.4. The molecule has 0 aliphatic carbocycles. The third kappa shape index (κ3) is 1.58. The number of fused-ring (bicyclic) bond motifs is 1. The van der Waals surface area contributed by atoms with Gasteiger partial charge in [0.05, 0.1) is 11.3 Å². The molecule has 0 unspecified atom stereocenters. The first-order chi connectivity index (χ1) is 7.49. The summed E-state index contributed by atoms with van der Waals surface area (Å²) < 4.78 is 18.5. The predicted octanol–water partition coefficient (Wildman–Crippen LogP) is 1.24. The topological polar surface area (TPSA) is 75.6 Å². The van der Waals surface area contributed by atoms with Crippen molar-refractivity contribution in [1.82, 2.24) is 0 Å². The van der Waals surface area contributed by atoms with E-state index >= 15 is 0 Å². The van der Waals surface area contributed by atoms with Crippen molar-refractivity contribution in [1.29, 1.82) is 0 Å². The Hall–Kier alpha value is -2.11. The van der Waals surface area contributed by atoms with Crippen LogP contribution >= 0.6 is 0 Å². The van der Waals surface area contributed by atoms with Crippen LogP contribution in [0.3, 0.4) is 0 Å². The SMILES string of the molecule is C[C@H]1Oc2c(F)cc(C(=O)O)cc2NC1=O. The molecule has 1 heterocycles. The number of anilines is 1. The number of carbonyl (C=O) groups excluding carboxylic acids is 1. The Morgan fingerprint density at radius 2 is 2.25 bits per heavy atom. The zero-order valence-corrected chi connectivity index (χ0v) is 8.28. The third-order valence-corrected chi connectivity index (χ3v) is 2.21. The van der Waals surface area contributed by atoms with Crippen LogP contribution in [0.15, 0.2) is 12.1 Å². The van der Waals surface area contributed by atoms with E-state index in [-0.39, 0.29) is 17.0 Å². The van der Waals surface area contributed by atoms with E-state index in [0.29, 0.717) is 0 Å². The molecule has 16 heavy (non-hydrogen) atoms. The van der Waals surface area contributed by atoms with Crippen molar-refractivity contribution in [2.45, 2.75) is 13.0 Å². The summed E-state index contributed by atoms with van der Waals surface area (Å²) in [6.07, 6.45) is -0.794. The van der Waals surface area contributed by atoms with E-state index < -0.39 is 23.8 Å². The maximum absolute atomic E-state index is 13.5. The Bertz CT molecular complexity index is 486. The van der Waals surface area contributed by atoms with Crippen LogP contribution in [0.5, 0.6) is 5.75 Å². The molecule has 0 fully saturated rings. The largest absolute Gasteiger partial charge is 0.478 e. The number of carbonyl (C=O) groups is 2. The van der Waals surface area contributed by atoms with Crippen LogP contribution in [-0.2, 0) is 4.79 Å². The molecule has 1 aromatic rings. The van der Waals surface area contributed by atoms with Gasteiger partial charge in [-0.25, -0.2) is 9.18 Å². The second kappa shape index (κ2) is 3.48. The molecule has 2 N–H and O–H groups in total. The third-order valence-electron chi connectivity index (χ3n) is 2.21. The lowest BCUT2D eigenvalue weighted by atomic mass is 10.1. The molecule has 2 rings (SSSR count). The summed E-state index contributed by atoms with van der Waals surface area (Å²) in [7, 11) is 0. The molecule has 1 amide bonds. The number of carboxylic acid groups (broad SMARTS) is 1. The maximum atomic E-state index is 13.5. The van der Waals surface area contributed by atoms with Gasteiger partial charge in [0, 0.05) is 0 Å². The van der Waals surface area contributed by atoms with Gasteiger partial charge >= 0.3 is 5.97 Å². The summed E-state index contributed by atoms with van der Waals surface area (Å²) in [6, 6.07) is 2.01. The quantitative estimate of drug-likeness (QED) is 0.754. The van der Waals surface area contributed by atoms with Crippen LogP contribution in [-0.4, -0.2) is 23.1 Å². The zero-order valence-electron chi connectivity index (χ0n) is 8.28. The van der Waals surface area contributed by atoms with E-state index in [4.69, 9.17) is 9.84 Å². The van der Waals surface area contributed by atoms with Crippen LogP contribution in [0, 0.1) is 5.82 Å². The molecular formula is C10H8FNO4. The molecule has 1 aromatic carbocycles. The smallest absolute Gasteiger partial charge is 0.335 e. The number of hydrogen-bond donors (Lipinski definition) is 2. The van der Waals surface area contributed by atoms with E-state index in [1.807, 2.05) is 0 Å². The number of halogens is 1. The Morgan fingerprint density at radius 1 is 1.56 bits per heavy atom. The predicted molar refractivity (Wildman–Crippen MR) is 52.1 cm³/mol. The number of rotatable bonds is 1. The first-order valence-electron chi connectivity index (χ1n) is 4.53. The van der Waals surface area contributed by atoms with Gasteiger partial charge in [-0.15, -0.1) is 0 Å². The molecule has 1 aliphatic heterocycles. The number of benzene rings is 1. The van der Waals surface area contributed by atoms with Gasteiger partial charge in [-0.2, -0.15) is 0 Å². The fraction of sp³-hybridized carbons (Fsp3) is 0.200. The van der Waals surface area contributed by atoms with Gasteiger partial charge in [0.25, 0.3) is 5.91 Å². The minimum Gasteiger partial charge on any atom is -0.478 e. The molecule has 0 saturated carbocycles. The second-order valence-electron chi connectivity index (χ2n) is 3.39. The first-order valence-corrected chi connectivity index (χ1v) is 4.53. The van der Waals surface area contributed by atoms with Crippen LogP contribution in [0.1, 0.15) is 17.3 Å². The molecule has 1 atom stereocenters. The highest BCUT2D eigenvalue weighted by Crippen LogP contribution is 2.33. The van der Waals surface area contributed by atoms with E-state index in [1.165, 1.54) is 6.92 Å². The number of amides is 1. The fourth-order valence-electron chi connectivity index (χ4n) is 1.39. The van der Waals surface area contributed by atoms with E-state index in [9.17, 15) is 14.0 Å². The summed E-state index contributed by atoms with van der Waals surface area (Å²) in [6.45, 7) is 1.48. The number of carboxylic acids is 1. The Labute approximate surface area is 89.8 Å². The molecular weight excluding hydrogens is 217 g/mol. The lowest BCUT2D eigenvalue weighted by Gasteiger charge is -2.23. The van der Waals surface area contributed by atoms with Crippen molar-refractivity contribution >= 4 is 17.6 Å². The minimum absolute atomic E-state index is 0.0421. The average molecular weight is 225 g/mol. The van der Waals surface area contributed by atoms with Gasteiger partial charge in [0.15, 0.2) is 17.7 Å². The highest BCUT2D eigenvalue weighted by atomic mass is 19.1. The zero-order chi connectivity index (χ0) is 11.9. The van der Waals surface area contributed by atoms with E-state index in [0.717, 1.165) is 12.1 Å². The van der Waals surface area contributed by atoms with Crippen molar-refractivity contribution in [3.05, 3.63) is 23.5 Å². The van der Waals surface area contributed by atoms with Gasteiger partial charge in [-0.05, 0) is 19.1 Å². The second-order valence-corrected chi connectivity index (χ2v) is 3.39. The molecule has 6 heteroatoms. The van der Waals surface area contributed by atoms with Gasteiger partial charge < -0.3 is 15.2 Å². The van der Waals surface area contributed by atoms with Crippen molar-refractivity contribution in [2.24, 2.45) is 0 Å². The van der Waals surface area contributed by atoms with Crippen LogP contribution < -0.4 is 10.1 Å². The van der Waals surface area contributed by atoms with Gasteiger partial charge in [-0.1, -0.05) is 0 Å². The number of hydrogen-bond acceptors (Lipinski definition) is 3. The van der Waals surface area contributed by atoms with Crippen molar-refractivity contribution in [2.75, 3.05) is 5.32 Å². The van der Waals surface area contributed by atoms with E-state index in [2.05, 4.69) is 5.32 Å². The summed E-state index contributed by atoms with van der Waals surface area (Å²) in [5, 5.41) is 11.1. The van der Waals surface area contributed by atoms with Crippen molar-refractivity contribution in [3.63, 3.8) is 0 Å². The minimum atomic E-state index is -1.27. The van der Waals surface area contributed by atoms with E-state index in [1.54, 1.807) is 0 Å². The normalized spacial score (nSPS) is 18.4.